The Morgan fingerprint density at radius 3 is 1.81 bits per heavy atom. The number of aryl methyl sites for hydroxylation is 1. The van der Waals surface area contributed by atoms with Crippen LogP contribution in [0.4, 0.5) is 0 Å². The Bertz CT molecular complexity index is 1030. The van der Waals surface area contributed by atoms with Crippen molar-refractivity contribution in [1.29, 1.82) is 0 Å². The first-order valence-corrected chi connectivity index (χ1v) is 10.4. The maximum Gasteiger partial charge on any atom is 0.414 e. The lowest BCUT2D eigenvalue weighted by atomic mass is 10.0. The van der Waals surface area contributed by atoms with E-state index in [4.69, 9.17) is 19.8 Å². The number of aliphatic carboxylic acids is 2. The molecule has 1 aliphatic rings. The molecule has 4 rings (SSSR count). The van der Waals surface area contributed by atoms with Crippen molar-refractivity contribution in [2.75, 3.05) is 26.2 Å². The van der Waals surface area contributed by atoms with E-state index >= 15 is 0 Å². The number of rotatable bonds is 4. The average Bonchev–Trinajstić information content (AvgIpc) is 2.77. The predicted molar refractivity (Wildman–Crippen MR) is 121 cm³/mol. The Kier molecular flexibility index (Phi) is 7.76. The molecule has 1 saturated heterocycles. The fraction of sp³-hybridized carbons (Fsp3) is 0.280. The van der Waals surface area contributed by atoms with Crippen molar-refractivity contribution in [3.63, 3.8) is 0 Å². The minimum atomic E-state index is -1.82. The summed E-state index contributed by atoms with van der Waals surface area (Å²) in [5.74, 6) is -3.65. The molecule has 2 N–H and O–H groups in total. The Hall–Kier alpha value is -3.22. The van der Waals surface area contributed by atoms with Gasteiger partial charge in [-0.05, 0) is 34.4 Å². The zero-order valence-corrected chi connectivity index (χ0v) is 17.7. The molecular weight excluding hydrogens is 392 g/mol. The van der Waals surface area contributed by atoms with Gasteiger partial charge in [-0.1, -0.05) is 66.7 Å². The topological polar surface area (TPSA) is 81.1 Å². The average molecular weight is 421 g/mol. The van der Waals surface area contributed by atoms with E-state index in [-0.39, 0.29) is 0 Å². The van der Waals surface area contributed by atoms with Crippen LogP contribution in [0.25, 0.3) is 10.8 Å². The zero-order chi connectivity index (χ0) is 22.2. The molecule has 3 aromatic carbocycles. The SMILES string of the molecule is Cc1ccccc1CN1CCN(Cc2cccc3ccccc23)CC1.O=C(O)C(=O)O. The Labute approximate surface area is 182 Å². The molecule has 1 aliphatic heterocycles. The molecule has 6 nitrogen and oxygen atoms in total. The van der Waals surface area contributed by atoms with Gasteiger partial charge in [0.15, 0.2) is 0 Å². The van der Waals surface area contributed by atoms with Crippen LogP contribution in [0.1, 0.15) is 16.7 Å². The molecule has 6 heteroatoms. The molecule has 31 heavy (non-hydrogen) atoms. The molecule has 162 valence electrons. The van der Waals surface area contributed by atoms with E-state index in [1.165, 1.54) is 27.5 Å². The quantitative estimate of drug-likeness (QED) is 0.628. The Morgan fingerprint density at radius 2 is 1.19 bits per heavy atom. The molecule has 0 aromatic heterocycles. The van der Waals surface area contributed by atoms with Crippen molar-refractivity contribution >= 4 is 22.7 Å². The number of hydrogen-bond acceptors (Lipinski definition) is 4. The van der Waals surface area contributed by atoms with Crippen molar-refractivity contribution in [1.82, 2.24) is 9.80 Å². The molecule has 0 atom stereocenters. The van der Waals surface area contributed by atoms with Crippen LogP contribution < -0.4 is 0 Å². The van der Waals surface area contributed by atoms with Crippen molar-refractivity contribution in [3.05, 3.63) is 83.4 Å². The van der Waals surface area contributed by atoms with Gasteiger partial charge in [-0.25, -0.2) is 9.59 Å². The Morgan fingerprint density at radius 1 is 0.710 bits per heavy atom. The summed E-state index contributed by atoms with van der Waals surface area (Å²) in [6, 6.07) is 24.2. The highest BCUT2D eigenvalue weighted by atomic mass is 16.4. The van der Waals surface area contributed by atoms with Crippen LogP contribution >= 0.6 is 0 Å². The molecule has 0 amide bonds. The third-order valence-corrected chi connectivity index (χ3v) is 5.58. The van der Waals surface area contributed by atoms with Crippen molar-refractivity contribution in [2.45, 2.75) is 20.0 Å². The third kappa shape index (κ3) is 6.38. The summed E-state index contributed by atoms with van der Waals surface area (Å²) in [6.45, 7) is 8.95. The molecule has 0 aliphatic carbocycles. The van der Waals surface area contributed by atoms with Crippen molar-refractivity contribution in [2.24, 2.45) is 0 Å². The second-order valence-corrected chi connectivity index (χ2v) is 7.73. The summed E-state index contributed by atoms with van der Waals surface area (Å²) in [5, 5.41) is 17.5. The summed E-state index contributed by atoms with van der Waals surface area (Å²) in [7, 11) is 0. The van der Waals surface area contributed by atoms with Gasteiger partial charge >= 0.3 is 11.9 Å². The van der Waals surface area contributed by atoms with Gasteiger partial charge in [0.25, 0.3) is 0 Å². The van der Waals surface area contributed by atoms with Gasteiger partial charge in [0, 0.05) is 39.3 Å². The first kappa shape index (κ1) is 22.5. The van der Waals surface area contributed by atoms with Crippen LogP contribution in [-0.4, -0.2) is 58.1 Å². The van der Waals surface area contributed by atoms with Crippen LogP contribution in [0.3, 0.4) is 0 Å². The van der Waals surface area contributed by atoms with Crippen molar-refractivity contribution in [3.8, 4) is 0 Å². The van der Waals surface area contributed by atoms with Crippen LogP contribution in [0.5, 0.6) is 0 Å². The highest BCUT2D eigenvalue weighted by Gasteiger charge is 2.18. The lowest BCUT2D eigenvalue weighted by Gasteiger charge is -2.35. The van der Waals surface area contributed by atoms with Crippen LogP contribution in [0.2, 0.25) is 0 Å². The van der Waals surface area contributed by atoms with E-state index in [2.05, 4.69) is 83.5 Å². The largest absolute Gasteiger partial charge is 0.473 e. The molecule has 0 spiro atoms. The van der Waals surface area contributed by atoms with E-state index in [1.54, 1.807) is 0 Å². The van der Waals surface area contributed by atoms with Gasteiger partial charge < -0.3 is 10.2 Å². The number of hydrogen-bond donors (Lipinski definition) is 2. The molecule has 3 aromatic rings. The number of piperazine rings is 1. The van der Waals surface area contributed by atoms with Crippen molar-refractivity contribution < 1.29 is 19.8 Å². The van der Waals surface area contributed by atoms with Gasteiger partial charge in [-0.15, -0.1) is 0 Å². The summed E-state index contributed by atoms with van der Waals surface area (Å²) in [4.78, 5) is 23.4. The molecule has 0 bridgehead atoms. The number of fused-ring (bicyclic) bond motifs is 1. The van der Waals surface area contributed by atoms with E-state index in [0.29, 0.717) is 0 Å². The fourth-order valence-electron chi connectivity index (χ4n) is 3.81. The summed E-state index contributed by atoms with van der Waals surface area (Å²) < 4.78 is 0. The van der Waals surface area contributed by atoms with Crippen LogP contribution in [0.15, 0.2) is 66.7 Å². The lowest BCUT2D eigenvalue weighted by molar-refractivity contribution is -0.159. The minimum Gasteiger partial charge on any atom is -0.473 e. The number of benzene rings is 3. The maximum absolute atomic E-state index is 9.10. The maximum atomic E-state index is 9.10. The number of carboxylic acid groups (broad SMARTS) is 2. The monoisotopic (exact) mass is 420 g/mol. The summed E-state index contributed by atoms with van der Waals surface area (Å²) in [5.41, 5.74) is 4.32. The second kappa shape index (κ2) is 10.7. The predicted octanol–water partition coefficient (Wildman–Crippen LogP) is 3.62. The van der Waals surface area contributed by atoms with Gasteiger partial charge in [0.2, 0.25) is 0 Å². The van der Waals surface area contributed by atoms with Gasteiger partial charge in [-0.2, -0.15) is 0 Å². The molecule has 1 heterocycles. The summed E-state index contributed by atoms with van der Waals surface area (Å²) in [6.07, 6.45) is 0. The fourth-order valence-corrected chi connectivity index (χ4v) is 3.81. The second-order valence-electron chi connectivity index (χ2n) is 7.73. The first-order chi connectivity index (χ1) is 14.9. The number of nitrogens with zero attached hydrogens (tertiary/aromatic N) is 2. The van der Waals surface area contributed by atoms with E-state index in [9.17, 15) is 0 Å². The van der Waals surface area contributed by atoms with E-state index in [0.717, 1.165) is 39.3 Å². The normalized spacial score (nSPS) is 14.6. The number of carboxylic acids is 2. The standard InChI is InChI=1S/C23H26N2.C2H2O4/c1-19-7-2-3-9-21(19)17-24-13-15-25(16-14-24)18-22-11-6-10-20-8-4-5-12-23(20)22;3-1(4)2(5)6/h2-12H,13-18H2,1H3;(H,3,4)(H,5,6). The van der Waals surface area contributed by atoms with E-state index in [1.807, 2.05) is 0 Å². The molecule has 0 unspecified atom stereocenters. The lowest BCUT2D eigenvalue weighted by Crippen LogP contribution is -2.45. The summed E-state index contributed by atoms with van der Waals surface area (Å²) >= 11 is 0. The van der Waals surface area contributed by atoms with E-state index < -0.39 is 11.9 Å². The Balaban J connectivity index is 0.000000401. The number of carbonyl (C=O) groups is 2. The highest BCUT2D eigenvalue weighted by molar-refractivity contribution is 6.27. The highest BCUT2D eigenvalue weighted by Crippen LogP contribution is 2.21. The minimum absolute atomic E-state index is 1.06. The third-order valence-electron chi connectivity index (χ3n) is 5.58. The molecular formula is C25H28N2O4. The smallest absolute Gasteiger partial charge is 0.414 e. The van der Waals surface area contributed by atoms with Gasteiger partial charge in [0.1, 0.15) is 0 Å². The first-order valence-electron chi connectivity index (χ1n) is 10.4. The van der Waals surface area contributed by atoms with Crippen LogP contribution in [0, 0.1) is 6.92 Å². The van der Waals surface area contributed by atoms with Gasteiger partial charge in [-0.3, -0.25) is 9.80 Å². The van der Waals surface area contributed by atoms with Gasteiger partial charge in [0.05, 0.1) is 0 Å². The van der Waals surface area contributed by atoms with Crippen LogP contribution in [-0.2, 0) is 22.7 Å². The zero-order valence-electron chi connectivity index (χ0n) is 17.7. The molecule has 0 radical (unpaired) electrons. The molecule has 0 saturated carbocycles. The molecule has 1 fully saturated rings.